The molecular weight excluding hydrogens is 472 g/mol. The molecule has 0 saturated carbocycles. The van der Waals surface area contributed by atoms with Crippen LogP contribution in [0.3, 0.4) is 0 Å². The largest absolute Gasteiger partial charge is 0.508 e. The first-order valence-corrected chi connectivity index (χ1v) is 12.0. The molecule has 35 heavy (non-hydrogen) atoms. The highest BCUT2D eigenvalue weighted by Gasteiger charge is 2.30. The zero-order valence-electron chi connectivity index (χ0n) is 19.3. The zero-order valence-corrected chi connectivity index (χ0v) is 20.1. The molecule has 0 radical (unpaired) electrons. The van der Waals surface area contributed by atoms with E-state index in [1.165, 1.54) is 12.1 Å². The highest BCUT2D eigenvalue weighted by atomic mass is 35.5. The molecule has 0 amide bonds. The minimum atomic E-state index is -0.506. The van der Waals surface area contributed by atoms with Gasteiger partial charge in [-0.05, 0) is 66.1 Å². The summed E-state index contributed by atoms with van der Waals surface area (Å²) in [4.78, 5) is 2.18. The first-order chi connectivity index (χ1) is 16.9. The lowest BCUT2D eigenvalue weighted by atomic mass is 9.86. The summed E-state index contributed by atoms with van der Waals surface area (Å²) in [5.41, 5.74) is 3.98. The van der Waals surface area contributed by atoms with E-state index in [1.807, 2.05) is 31.2 Å². The topological polar surface area (TPSA) is 41.9 Å². The minimum absolute atomic E-state index is 0.0540. The third-order valence-corrected chi connectivity index (χ3v) is 6.93. The number of phenolic OH excluding ortho intramolecular Hbond substituents is 1. The molecule has 7 heteroatoms. The Morgan fingerprint density at radius 2 is 1.86 bits per heavy atom. The molecule has 0 aromatic heterocycles. The quantitative estimate of drug-likeness (QED) is 0.403. The maximum absolute atomic E-state index is 14.4. The Balaban J connectivity index is 1.40. The molecule has 3 aromatic rings. The summed E-state index contributed by atoms with van der Waals surface area (Å²) >= 11 is 5.93. The molecule has 1 saturated heterocycles. The number of rotatable bonds is 7. The lowest BCUT2D eigenvalue weighted by Gasteiger charge is -2.37. The van der Waals surface area contributed by atoms with E-state index in [4.69, 9.17) is 21.1 Å². The maximum atomic E-state index is 14.4. The molecule has 2 aliphatic heterocycles. The summed E-state index contributed by atoms with van der Waals surface area (Å²) < 4.78 is 39.2. The van der Waals surface area contributed by atoms with E-state index in [-0.39, 0.29) is 23.4 Å². The standard InChI is InChI=1S/C28H26ClF2NO3/c1-17-23-13-21(33)5-9-26(23)35-28(27(17)20-4-8-24(29)25(31)12-20)19-2-6-22(7-3-19)34-11-10-32-15-18(14-30)16-32/h2-9,12-13,18,28,33H,10-11,14-16H2,1H3. The van der Waals surface area contributed by atoms with Crippen molar-refractivity contribution in [3.8, 4) is 17.2 Å². The molecule has 0 bridgehead atoms. The van der Waals surface area contributed by atoms with Crippen molar-refractivity contribution in [3.63, 3.8) is 0 Å². The van der Waals surface area contributed by atoms with Crippen molar-refractivity contribution in [1.82, 2.24) is 4.90 Å². The van der Waals surface area contributed by atoms with Crippen molar-refractivity contribution >= 4 is 22.7 Å². The fourth-order valence-electron chi connectivity index (χ4n) is 4.70. The number of aromatic hydroxyl groups is 1. The Labute approximate surface area is 208 Å². The van der Waals surface area contributed by atoms with Crippen LogP contribution in [0, 0.1) is 11.7 Å². The number of benzene rings is 3. The molecule has 4 nitrogen and oxygen atoms in total. The van der Waals surface area contributed by atoms with Gasteiger partial charge in [0, 0.05) is 36.7 Å². The average molecular weight is 498 g/mol. The SMILES string of the molecule is CC1=C(c2ccc(Cl)c(F)c2)C(c2ccc(OCCN3CC(CF)C3)cc2)Oc2ccc(O)cc21. The van der Waals surface area contributed by atoms with Gasteiger partial charge >= 0.3 is 0 Å². The van der Waals surface area contributed by atoms with Gasteiger partial charge in [0.15, 0.2) is 0 Å². The van der Waals surface area contributed by atoms with Crippen LogP contribution in [0.2, 0.25) is 5.02 Å². The zero-order chi connectivity index (χ0) is 24.5. The van der Waals surface area contributed by atoms with Crippen molar-refractivity contribution in [1.29, 1.82) is 0 Å². The Bertz CT molecular complexity index is 1260. The van der Waals surface area contributed by atoms with Crippen molar-refractivity contribution in [2.45, 2.75) is 13.0 Å². The van der Waals surface area contributed by atoms with E-state index in [0.717, 1.165) is 47.7 Å². The Morgan fingerprint density at radius 3 is 2.57 bits per heavy atom. The van der Waals surface area contributed by atoms with Gasteiger partial charge in [0.05, 0.1) is 11.7 Å². The molecule has 1 N–H and O–H groups in total. The highest BCUT2D eigenvalue weighted by molar-refractivity contribution is 6.30. The number of likely N-dealkylation sites (tertiary alicyclic amines) is 1. The molecule has 3 aromatic carbocycles. The van der Waals surface area contributed by atoms with Gasteiger partial charge < -0.3 is 14.6 Å². The van der Waals surface area contributed by atoms with E-state index < -0.39 is 11.9 Å². The summed E-state index contributed by atoms with van der Waals surface area (Å²) in [5, 5.41) is 10.1. The summed E-state index contributed by atoms with van der Waals surface area (Å²) in [6, 6.07) is 17.3. The summed E-state index contributed by atoms with van der Waals surface area (Å²) in [6.45, 7) is 4.56. The second-order valence-electron chi connectivity index (χ2n) is 9.04. The summed E-state index contributed by atoms with van der Waals surface area (Å²) in [7, 11) is 0. The Hall–Kier alpha value is -3.09. The van der Waals surface area contributed by atoms with Crippen molar-refractivity contribution in [2.75, 3.05) is 32.9 Å². The molecule has 2 heterocycles. The molecule has 2 aliphatic rings. The van der Waals surface area contributed by atoms with Crippen molar-refractivity contribution < 1.29 is 23.4 Å². The summed E-state index contributed by atoms with van der Waals surface area (Å²) in [5.74, 6) is 1.17. The fraction of sp³-hybridized carbons (Fsp3) is 0.286. The van der Waals surface area contributed by atoms with E-state index in [9.17, 15) is 13.9 Å². The number of nitrogens with zero attached hydrogens (tertiary/aromatic N) is 1. The van der Waals surface area contributed by atoms with E-state index in [1.54, 1.807) is 24.3 Å². The summed E-state index contributed by atoms with van der Waals surface area (Å²) in [6.07, 6.45) is -0.486. The van der Waals surface area contributed by atoms with E-state index in [0.29, 0.717) is 17.9 Å². The van der Waals surface area contributed by atoms with Crippen LogP contribution >= 0.6 is 11.6 Å². The monoisotopic (exact) mass is 497 g/mol. The first kappa shape index (κ1) is 23.6. The van der Waals surface area contributed by atoms with Crippen LogP contribution in [0.4, 0.5) is 8.78 Å². The number of hydrogen-bond donors (Lipinski definition) is 1. The predicted molar refractivity (Wildman–Crippen MR) is 133 cm³/mol. The molecule has 1 unspecified atom stereocenters. The maximum Gasteiger partial charge on any atom is 0.150 e. The Morgan fingerprint density at radius 1 is 1.09 bits per heavy atom. The number of ether oxygens (including phenoxy) is 2. The highest BCUT2D eigenvalue weighted by Crippen LogP contribution is 2.47. The average Bonchev–Trinajstić information content (AvgIpc) is 2.83. The third-order valence-electron chi connectivity index (χ3n) is 6.62. The molecule has 1 atom stereocenters. The second kappa shape index (κ2) is 9.88. The molecule has 182 valence electrons. The predicted octanol–water partition coefficient (Wildman–Crippen LogP) is 6.53. The van der Waals surface area contributed by atoms with Crippen LogP contribution in [-0.4, -0.2) is 42.9 Å². The first-order valence-electron chi connectivity index (χ1n) is 11.6. The number of hydrogen-bond acceptors (Lipinski definition) is 4. The minimum Gasteiger partial charge on any atom is -0.508 e. The van der Waals surface area contributed by atoms with Crippen molar-refractivity contribution in [3.05, 3.63) is 88.2 Å². The van der Waals surface area contributed by atoms with Gasteiger partial charge in [-0.3, -0.25) is 9.29 Å². The smallest absolute Gasteiger partial charge is 0.150 e. The van der Waals surface area contributed by atoms with Crippen LogP contribution in [-0.2, 0) is 0 Å². The number of fused-ring (bicyclic) bond motifs is 1. The Kier molecular flexibility index (Phi) is 6.67. The number of allylic oxidation sites excluding steroid dienone is 1. The number of alkyl halides is 1. The van der Waals surface area contributed by atoms with Crippen molar-refractivity contribution in [2.24, 2.45) is 5.92 Å². The number of halogens is 3. The van der Waals surface area contributed by atoms with E-state index >= 15 is 0 Å². The van der Waals surface area contributed by atoms with Gasteiger partial charge in [-0.25, -0.2) is 4.39 Å². The van der Waals surface area contributed by atoms with Crippen LogP contribution in [0.1, 0.15) is 29.7 Å². The number of phenols is 1. The van der Waals surface area contributed by atoms with Crippen LogP contribution < -0.4 is 9.47 Å². The molecular formula is C28H26ClF2NO3. The fourth-order valence-corrected chi connectivity index (χ4v) is 4.81. The van der Waals surface area contributed by atoms with Crippen LogP contribution in [0.25, 0.3) is 11.1 Å². The van der Waals surface area contributed by atoms with Crippen LogP contribution in [0.15, 0.2) is 60.7 Å². The normalized spacial score (nSPS) is 18.1. The van der Waals surface area contributed by atoms with Gasteiger partial charge in [-0.2, -0.15) is 0 Å². The molecule has 5 rings (SSSR count). The van der Waals surface area contributed by atoms with Gasteiger partial charge in [-0.1, -0.05) is 29.8 Å². The lowest BCUT2D eigenvalue weighted by Crippen LogP contribution is -2.49. The second-order valence-corrected chi connectivity index (χ2v) is 9.45. The van der Waals surface area contributed by atoms with E-state index in [2.05, 4.69) is 4.90 Å². The van der Waals surface area contributed by atoms with Gasteiger partial charge in [0.1, 0.15) is 35.8 Å². The van der Waals surface area contributed by atoms with Gasteiger partial charge in [0.2, 0.25) is 0 Å². The molecule has 0 aliphatic carbocycles. The van der Waals surface area contributed by atoms with Gasteiger partial charge in [-0.15, -0.1) is 0 Å². The lowest BCUT2D eigenvalue weighted by molar-refractivity contribution is 0.0668. The molecule has 0 spiro atoms. The third kappa shape index (κ3) is 4.86. The van der Waals surface area contributed by atoms with Gasteiger partial charge in [0.25, 0.3) is 0 Å². The van der Waals surface area contributed by atoms with Crippen LogP contribution in [0.5, 0.6) is 17.2 Å². The molecule has 1 fully saturated rings.